The lowest BCUT2D eigenvalue weighted by atomic mass is 10.3. The van der Waals surface area contributed by atoms with Crippen LogP contribution in [0.3, 0.4) is 0 Å². The molecular weight excluding hydrogens is 144 g/mol. The average Bonchev–Trinajstić information content (AvgIpc) is 2.58. The van der Waals surface area contributed by atoms with Gasteiger partial charge in [0, 0.05) is 0 Å². The van der Waals surface area contributed by atoms with E-state index in [-0.39, 0.29) is 0 Å². The minimum atomic E-state index is 0.473. The van der Waals surface area contributed by atoms with Crippen molar-refractivity contribution in [3.63, 3.8) is 0 Å². The minimum absolute atomic E-state index is 0.473. The molecule has 5 nitrogen and oxygen atoms in total. The van der Waals surface area contributed by atoms with Gasteiger partial charge in [0.05, 0.1) is 11.8 Å². The van der Waals surface area contributed by atoms with Crippen molar-refractivity contribution in [2.45, 2.75) is 0 Å². The average molecular weight is 148 g/mol. The number of hydrogen-bond acceptors (Lipinski definition) is 5. The van der Waals surface area contributed by atoms with E-state index in [1.165, 1.54) is 6.33 Å². The van der Waals surface area contributed by atoms with Crippen LogP contribution in [-0.4, -0.2) is 20.4 Å². The highest BCUT2D eigenvalue weighted by Gasteiger charge is 2.00. The Labute approximate surface area is 62.1 Å². The number of hydrogen-bond donors (Lipinski definition) is 0. The Kier molecular flexibility index (Phi) is 1.33. The van der Waals surface area contributed by atoms with Crippen LogP contribution in [0.2, 0.25) is 0 Å². The maximum absolute atomic E-state index is 4.83. The predicted molar refractivity (Wildman–Crippen MR) is 35.3 cm³/mol. The third kappa shape index (κ3) is 1.07. The Balaban J connectivity index is 2.46. The lowest BCUT2D eigenvalue weighted by molar-refractivity contribution is 0.567. The van der Waals surface area contributed by atoms with E-state index in [2.05, 4.69) is 20.4 Å². The van der Waals surface area contributed by atoms with Gasteiger partial charge in [-0.2, -0.15) is 0 Å². The van der Waals surface area contributed by atoms with Crippen LogP contribution in [0.25, 0.3) is 11.4 Å². The lowest BCUT2D eigenvalue weighted by Gasteiger charge is -1.87. The molecule has 0 aliphatic heterocycles. The molecule has 0 fully saturated rings. The number of furan rings is 1. The van der Waals surface area contributed by atoms with Gasteiger partial charge >= 0.3 is 0 Å². The zero-order valence-corrected chi connectivity index (χ0v) is 5.51. The molecule has 0 saturated carbocycles. The van der Waals surface area contributed by atoms with E-state index < -0.39 is 0 Å². The van der Waals surface area contributed by atoms with Gasteiger partial charge in [-0.15, -0.1) is 20.4 Å². The first kappa shape index (κ1) is 5.96. The van der Waals surface area contributed by atoms with E-state index in [0.717, 1.165) is 5.56 Å². The summed E-state index contributed by atoms with van der Waals surface area (Å²) in [7, 11) is 0. The highest BCUT2D eigenvalue weighted by atomic mass is 16.3. The van der Waals surface area contributed by atoms with Crippen molar-refractivity contribution in [1.82, 2.24) is 20.4 Å². The van der Waals surface area contributed by atoms with E-state index in [1.807, 2.05) is 0 Å². The van der Waals surface area contributed by atoms with Gasteiger partial charge in [0.25, 0.3) is 0 Å². The number of rotatable bonds is 1. The Morgan fingerprint density at radius 3 is 2.64 bits per heavy atom. The van der Waals surface area contributed by atoms with Crippen molar-refractivity contribution in [3.05, 3.63) is 24.9 Å². The van der Waals surface area contributed by atoms with Crippen LogP contribution in [0, 0.1) is 0 Å². The molecule has 0 radical (unpaired) electrons. The fourth-order valence-electron chi connectivity index (χ4n) is 0.711. The molecular formula is C6H4N4O. The maximum Gasteiger partial charge on any atom is 0.206 e. The fraction of sp³-hybridized carbons (Fsp3) is 0. The monoisotopic (exact) mass is 148 g/mol. The summed E-state index contributed by atoms with van der Waals surface area (Å²) in [6.07, 6.45) is 4.37. The normalized spacial score (nSPS) is 9.82. The van der Waals surface area contributed by atoms with Gasteiger partial charge in [-0.05, 0) is 6.07 Å². The summed E-state index contributed by atoms with van der Waals surface area (Å²) in [6, 6.07) is 1.75. The third-order valence-corrected chi connectivity index (χ3v) is 1.19. The zero-order chi connectivity index (χ0) is 7.52. The quantitative estimate of drug-likeness (QED) is 0.590. The molecule has 2 rings (SSSR count). The third-order valence-electron chi connectivity index (χ3n) is 1.19. The molecule has 0 aliphatic rings. The van der Waals surface area contributed by atoms with Crippen LogP contribution in [0.4, 0.5) is 0 Å². The van der Waals surface area contributed by atoms with Crippen LogP contribution in [-0.2, 0) is 0 Å². The van der Waals surface area contributed by atoms with Crippen molar-refractivity contribution in [1.29, 1.82) is 0 Å². The predicted octanol–water partition coefficient (Wildman–Crippen LogP) is 0.527. The molecule has 0 saturated heterocycles. The molecule has 0 aliphatic carbocycles. The van der Waals surface area contributed by atoms with Gasteiger partial charge < -0.3 is 4.42 Å². The van der Waals surface area contributed by atoms with Gasteiger partial charge in [0.2, 0.25) is 5.82 Å². The highest BCUT2D eigenvalue weighted by Crippen LogP contribution is 2.11. The lowest BCUT2D eigenvalue weighted by Crippen LogP contribution is -1.91. The second-order valence-corrected chi connectivity index (χ2v) is 1.88. The molecule has 5 heteroatoms. The van der Waals surface area contributed by atoms with Crippen LogP contribution < -0.4 is 0 Å². The summed E-state index contributed by atoms with van der Waals surface area (Å²) in [5.41, 5.74) is 0.783. The van der Waals surface area contributed by atoms with Gasteiger partial charge in [0.1, 0.15) is 6.26 Å². The molecule has 2 aromatic heterocycles. The van der Waals surface area contributed by atoms with E-state index in [4.69, 9.17) is 4.42 Å². The molecule has 54 valence electrons. The van der Waals surface area contributed by atoms with Crippen LogP contribution in [0.5, 0.6) is 0 Å². The highest BCUT2D eigenvalue weighted by molar-refractivity contribution is 5.50. The van der Waals surface area contributed by atoms with Crippen LogP contribution >= 0.6 is 0 Å². The summed E-state index contributed by atoms with van der Waals surface area (Å²) < 4.78 is 4.83. The summed E-state index contributed by atoms with van der Waals surface area (Å²) in [5.74, 6) is 0.473. The Bertz CT molecular complexity index is 318. The van der Waals surface area contributed by atoms with Crippen LogP contribution in [0.1, 0.15) is 0 Å². The van der Waals surface area contributed by atoms with Crippen LogP contribution in [0.15, 0.2) is 29.3 Å². The Morgan fingerprint density at radius 1 is 1.18 bits per heavy atom. The SMILES string of the molecule is c1nnc(-c2ccoc2)nn1. The largest absolute Gasteiger partial charge is 0.472 e. The first-order valence-corrected chi connectivity index (χ1v) is 3.00. The standard InChI is InChI=1S/C6H4N4O/c1-2-11-3-5(1)6-9-7-4-8-10-6/h1-4H. The number of nitrogens with zero attached hydrogens (tertiary/aromatic N) is 4. The Hall–Kier alpha value is -1.78. The molecule has 11 heavy (non-hydrogen) atoms. The van der Waals surface area contributed by atoms with Gasteiger partial charge in [-0.25, -0.2) is 0 Å². The van der Waals surface area contributed by atoms with E-state index in [0.29, 0.717) is 5.82 Å². The zero-order valence-electron chi connectivity index (χ0n) is 5.51. The molecule has 0 unspecified atom stereocenters. The molecule has 0 aromatic carbocycles. The molecule has 0 amide bonds. The summed E-state index contributed by atoms with van der Waals surface area (Å²) in [5, 5.41) is 14.6. The van der Waals surface area contributed by atoms with E-state index in [9.17, 15) is 0 Å². The fourth-order valence-corrected chi connectivity index (χ4v) is 0.711. The maximum atomic E-state index is 4.83. The minimum Gasteiger partial charge on any atom is -0.472 e. The first-order valence-electron chi connectivity index (χ1n) is 3.00. The van der Waals surface area contributed by atoms with Crippen molar-refractivity contribution in [2.24, 2.45) is 0 Å². The van der Waals surface area contributed by atoms with E-state index >= 15 is 0 Å². The Morgan fingerprint density at radius 2 is 2.00 bits per heavy atom. The first-order chi connectivity index (χ1) is 5.47. The molecule has 0 atom stereocenters. The van der Waals surface area contributed by atoms with E-state index in [1.54, 1.807) is 18.6 Å². The molecule has 0 N–H and O–H groups in total. The topological polar surface area (TPSA) is 64.7 Å². The second-order valence-electron chi connectivity index (χ2n) is 1.88. The molecule has 2 heterocycles. The van der Waals surface area contributed by atoms with Gasteiger partial charge in [-0.1, -0.05) is 0 Å². The van der Waals surface area contributed by atoms with Crippen molar-refractivity contribution >= 4 is 0 Å². The molecule has 2 aromatic rings. The molecule has 0 bridgehead atoms. The summed E-state index contributed by atoms with van der Waals surface area (Å²) in [4.78, 5) is 0. The summed E-state index contributed by atoms with van der Waals surface area (Å²) >= 11 is 0. The smallest absolute Gasteiger partial charge is 0.206 e. The molecule has 0 spiro atoms. The van der Waals surface area contributed by atoms with Gasteiger partial charge in [-0.3, -0.25) is 0 Å². The van der Waals surface area contributed by atoms with Crippen molar-refractivity contribution in [3.8, 4) is 11.4 Å². The second kappa shape index (κ2) is 2.45. The van der Waals surface area contributed by atoms with Crippen molar-refractivity contribution < 1.29 is 4.42 Å². The van der Waals surface area contributed by atoms with Crippen molar-refractivity contribution in [2.75, 3.05) is 0 Å². The number of aromatic nitrogens is 4. The van der Waals surface area contributed by atoms with Gasteiger partial charge in [0.15, 0.2) is 6.33 Å². The summed E-state index contributed by atoms with van der Waals surface area (Å²) in [6.45, 7) is 0.